The number of alkyl halides is 3. The molecule has 0 heterocycles. The van der Waals surface area contributed by atoms with Gasteiger partial charge in [-0.05, 0) is 47.5 Å². The zero-order valence-corrected chi connectivity index (χ0v) is 15.5. The van der Waals surface area contributed by atoms with E-state index in [9.17, 15) is 22.4 Å². The predicted molar refractivity (Wildman–Crippen MR) is 104 cm³/mol. The van der Waals surface area contributed by atoms with Crippen LogP contribution < -0.4 is 10.2 Å². The minimum absolute atomic E-state index is 0.138. The molecule has 0 atom stereocenters. The number of nitrogens with one attached hydrogen (secondary N) is 1. The Bertz CT molecular complexity index is 1030. The largest absolute Gasteiger partial charge is 0.488 e. The summed E-state index contributed by atoms with van der Waals surface area (Å²) in [6, 6.07) is 16.6. The Labute approximate surface area is 169 Å². The summed E-state index contributed by atoms with van der Waals surface area (Å²) < 4.78 is 56.3. The number of hydrogen-bond donors (Lipinski definition) is 1. The lowest BCUT2D eigenvalue weighted by molar-refractivity contribution is -0.137. The second kappa shape index (κ2) is 9.21. The Morgan fingerprint density at radius 3 is 2.30 bits per heavy atom. The topological polar surface area (TPSA) is 50.7 Å². The number of hydrazone groups is 1. The van der Waals surface area contributed by atoms with E-state index in [2.05, 4.69) is 10.5 Å². The smallest absolute Gasteiger partial charge is 0.416 e. The van der Waals surface area contributed by atoms with Crippen LogP contribution in [0.3, 0.4) is 0 Å². The van der Waals surface area contributed by atoms with Gasteiger partial charge in [0.25, 0.3) is 5.91 Å². The van der Waals surface area contributed by atoms with Crippen molar-refractivity contribution in [3.05, 3.63) is 101 Å². The second-order valence-electron chi connectivity index (χ2n) is 6.23. The standard InChI is InChI=1S/C22H16F4N2O2/c23-18-11-7-16(8-12-18)14-30-20-4-2-1-3-19(20)21(29)28-27-13-15-5-9-17(10-6-15)22(24,25)26/h1-13H,14H2,(H,28,29)/b27-13-. The van der Waals surface area contributed by atoms with E-state index >= 15 is 0 Å². The Morgan fingerprint density at radius 2 is 1.63 bits per heavy atom. The molecular formula is C22H16F4N2O2. The van der Waals surface area contributed by atoms with Crippen molar-refractivity contribution >= 4 is 12.1 Å². The molecule has 0 bridgehead atoms. The van der Waals surface area contributed by atoms with Gasteiger partial charge in [0.2, 0.25) is 0 Å². The number of hydrogen-bond acceptors (Lipinski definition) is 3. The molecule has 0 radical (unpaired) electrons. The first-order valence-corrected chi connectivity index (χ1v) is 8.80. The molecule has 3 aromatic rings. The first-order chi connectivity index (χ1) is 14.3. The average Bonchev–Trinajstić information content (AvgIpc) is 2.73. The normalized spacial score (nSPS) is 11.5. The Morgan fingerprint density at radius 1 is 0.967 bits per heavy atom. The predicted octanol–water partition coefficient (Wildman–Crippen LogP) is 5.19. The molecule has 154 valence electrons. The molecule has 0 aliphatic carbocycles. The van der Waals surface area contributed by atoms with Gasteiger partial charge in [0.1, 0.15) is 18.2 Å². The van der Waals surface area contributed by atoms with E-state index in [0.29, 0.717) is 11.3 Å². The van der Waals surface area contributed by atoms with Crippen LogP contribution in [0, 0.1) is 5.82 Å². The molecule has 0 fully saturated rings. The van der Waals surface area contributed by atoms with Crippen molar-refractivity contribution in [1.29, 1.82) is 0 Å². The number of nitrogens with zero attached hydrogens (tertiary/aromatic N) is 1. The van der Waals surface area contributed by atoms with Gasteiger partial charge in [-0.1, -0.05) is 36.4 Å². The molecule has 3 aromatic carbocycles. The van der Waals surface area contributed by atoms with E-state index in [1.807, 2.05) is 0 Å². The number of carbonyl (C=O) groups excluding carboxylic acids is 1. The SMILES string of the molecule is O=C(N/N=C\c1ccc(C(F)(F)F)cc1)c1ccccc1OCc1ccc(F)cc1. The van der Waals surface area contributed by atoms with Gasteiger partial charge < -0.3 is 4.74 Å². The van der Waals surface area contributed by atoms with Crippen molar-refractivity contribution in [2.24, 2.45) is 5.10 Å². The number of carbonyl (C=O) groups is 1. The van der Waals surface area contributed by atoms with Gasteiger partial charge in [-0.3, -0.25) is 4.79 Å². The van der Waals surface area contributed by atoms with Gasteiger partial charge in [-0.25, -0.2) is 9.82 Å². The lowest BCUT2D eigenvalue weighted by Gasteiger charge is -2.10. The van der Waals surface area contributed by atoms with Crippen molar-refractivity contribution in [2.45, 2.75) is 12.8 Å². The maximum absolute atomic E-state index is 13.0. The summed E-state index contributed by atoms with van der Waals surface area (Å²) in [5.74, 6) is -0.596. The monoisotopic (exact) mass is 416 g/mol. The zero-order chi connectivity index (χ0) is 21.6. The van der Waals surface area contributed by atoms with Crippen molar-refractivity contribution in [3.8, 4) is 5.75 Å². The minimum atomic E-state index is -4.42. The number of rotatable bonds is 6. The van der Waals surface area contributed by atoms with E-state index in [1.165, 1.54) is 30.5 Å². The molecule has 1 N–H and O–H groups in total. The molecule has 3 rings (SSSR count). The van der Waals surface area contributed by atoms with Crippen molar-refractivity contribution < 1.29 is 27.1 Å². The number of ether oxygens (including phenoxy) is 1. The van der Waals surface area contributed by atoms with Crippen LogP contribution in [0.15, 0.2) is 77.9 Å². The maximum Gasteiger partial charge on any atom is 0.416 e. The fourth-order valence-corrected chi connectivity index (χ4v) is 2.51. The van der Waals surface area contributed by atoms with Crippen molar-refractivity contribution in [1.82, 2.24) is 5.43 Å². The lowest BCUT2D eigenvalue weighted by atomic mass is 10.1. The third kappa shape index (κ3) is 5.66. The Balaban J connectivity index is 1.62. The van der Waals surface area contributed by atoms with Crippen LogP contribution in [-0.4, -0.2) is 12.1 Å². The minimum Gasteiger partial charge on any atom is -0.488 e. The molecular weight excluding hydrogens is 400 g/mol. The summed E-state index contributed by atoms with van der Waals surface area (Å²) >= 11 is 0. The molecule has 0 aliphatic rings. The van der Waals surface area contributed by atoms with E-state index in [-0.39, 0.29) is 18.0 Å². The number of amides is 1. The van der Waals surface area contributed by atoms with Crippen LogP contribution in [0.5, 0.6) is 5.75 Å². The summed E-state index contributed by atoms with van der Waals surface area (Å²) in [6.07, 6.45) is -3.18. The third-order valence-electron chi connectivity index (χ3n) is 4.06. The molecule has 0 aliphatic heterocycles. The molecule has 4 nitrogen and oxygen atoms in total. The first kappa shape index (κ1) is 21.0. The Hall–Kier alpha value is -3.68. The highest BCUT2D eigenvalue weighted by Gasteiger charge is 2.29. The maximum atomic E-state index is 13.0. The highest BCUT2D eigenvalue weighted by Crippen LogP contribution is 2.28. The molecule has 30 heavy (non-hydrogen) atoms. The van der Waals surface area contributed by atoms with Crippen LogP contribution in [-0.2, 0) is 12.8 Å². The summed E-state index contributed by atoms with van der Waals surface area (Å²) in [5, 5.41) is 3.78. The summed E-state index contributed by atoms with van der Waals surface area (Å²) in [7, 11) is 0. The number of halogens is 4. The number of para-hydroxylation sites is 1. The van der Waals surface area contributed by atoms with Crippen molar-refractivity contribution in [3.63, 3.8) is 0 Å². The van der Waals surface area contributed by atoms with Crippen LogP contribution in [0.4, 0.5) is 17.6 Å². The molecule has 0 aromatic heterocycles. The molecule has 1 amide bonds. The quantitative estimate of drug-likeness (QED) is 0.342. The molecule has 0 saturated carbocycles. The van der Waals surface area contributed by atoms with E-state index < -0.39 is 17.6 Å². The highest BCUT2D eigenvalue weighted by molar-refractivity contribution is 5.97. The van der Waals surface area contributed by atoms with E-state index in [4.69, 9.17) is 4.74 Å². The molecule has 0 unspecified atom stereocenters. The lowest BCUT2D eigenvalue weighted by Crippen LogP contribution is -2.18. The van der Waals surface area contributed by atoms with Crippen molar-refractivity contribution in [2.75, 3.05) is 0 Å². The first-order valence-electron chi connectivity index (χ1n) is 8.80. The van der Waals surface area contributed by atoms with Crippen LogP contribution in [0.1, 0.15) is 27.0 Å². The van der Waals surface area contributed by atoms with Crippen LogP contribution in [0.2, 0.25) is 0 Å². The van der Waals surface area contributed by atoms with Gasteiger partial charge in [-0.2, -0.15) is 18.3 Å². The summed E-state index contributed by atoms with van der Waals surface area (Å²) in [6.45, 7) is 0.138. The van der Waals surface area contributed by atoms with Gasteiger partial charge in [0.05, 0.1) is 17.3 Å². The van der Waals surface area contributed by atoms with Gasteiger partial charge in [0.15, 0.2) is 0 Å². The summed E-state index contributed by atoms with van der Waals surface area (Å²) in [4.78, 5) is 12.4. The van der Waals surface area contributed by atoms with Gasteiger partial charge in [0, 0.05) is 0 Å². The molecule has 8 heteroatoms. The average molecular weight is 416 g/mol. The fourth-order valence-electron chi connectivity index (χ4n) is 2.51. The Kier molecular flexibility index (Phi) is 6.46. The molecule has 0 spiro atoms. The third-order valence-corrected chi connectivity index (χ3v) is 4.06. The second-order valence-corrected chi connectivity index (χ2v) is 6.23. The van der Waals surface area contributed by atoms with Crippen LogP contribution >= 0.6 is 0 Å². The number of benzene rings is 3. The molecule has 0 saturated heterocycles. The van der Waals surface area contributed by atoms with E-state index in [0.717, 1.165) is 17.7 Å². The van der Waals surface area contributed by atoms with Gasteiger partial charge >= 0.3 is 6.18 Å². The zero-order valence-electron chi connectivity index (χ0n) is 15.5. The fraction of sp³-hybridized carbons (Fsp3) is 0.0909. The van der Waals surface area contributed by atoms with Crippen LogP contribution in [0.25, 0.3) is 0 Å². The van der Waals surface area contributed by atoms with E-state index in [1.54, 1.807) is 36.4 Å². The highest BCUT2D eigenvalue weighted by atomic mass is 19.4. The van der Waals surface area contributed by atoms with Gasteiger partial charge in [-0.15, -0.1) is 0 Å². The summed E-state index contributed by atoms with van der Waals surface area (Å²) in [5.41, 5.74) is 2.90.